The second kappa shape index (κ2) is 23.8. The van der Waals surface area contributed by atoms with Crippen molar-refractivity contribution < 1.29 is 50.9 Å². The number of rotatable bonds is 12. The van der Waals surface area contributed by atoms with E-state index in [-0.39, 0.29) is 33.7 Å². The SMILES string of the molecule is CCCCOOC(=O)CCC.CCCCOOC(=O)CCC.[Ti]. The van der Waals surface area contributed by atoms with Crippen LogP contribution in [0.25, 0.3) is 0 Å². The summed E-state index contributed by atoms with van der Waals surface area (Å²) in [7, 11) is 0. The predicted octanol–water partition coefficient (Wildman–Crippen LogP) is 4.12. The Balaban J connectivity index is -0.000000333. The molecule has 0 aromatic carbocycles. The van der Waals surface area contributed by atoms with Gasteiger partial charge >= 0.3 is 11.9 Å². The van der Waals surface area contributed by atoms with E-state index in [4.69, 9.17) is 0 Å². The summed E-state index contributed by atoms with van der Waals surface area (Å²) in [5.74, 6) is -0.549. The molecular formula is C16H32O6Ti. The quantitative estimate of drug-likeness (QED) is 0.223. The third-order valence-corrected chi connectivity index (χ3v) is 2.37. The van der Waals surface area contributed by atoms with Gasteiger partial charge in [0.1, 0.15) is 0 Å². The maximum Gasteiger partial charge on any atom is 0.342 e. The number of unbranched alkanes of at least 4 members (excludes halogenated alkanes) is 2. The molecule has 7 heteroatoms. The van der Waals surface area contributed by atoms with Crippen molar-refractivity contribution in [3.8, 4) is 0 Å². The summed E-state index contributed by atoms with van der Waals surface area (Å²) in [6, 6.07) is 0. The third kappa shape index (κ3) is 26.8. The first-order chi connectivity index (χ1) is 10.6. The van der Waals surface area contributed by atoms with E-state index in [2.05, 4.69) is 33.4 Å². The van der Waals surface area contributed by atoms with Crippen molar-refractivity contribution in [3.63, 3.8) is 0 Å². The predicted molar refractivity (Wildman–Crippen MR) is 83.7 cm³/mol. The Labute approximate surface area is 155 Å². The van der Waals surface area contributed by atoms with Crippen molar-refractivity contribution in [1.82, 2.24) is 0 Å². The molecule has 0 spiro atoms. The van der Waals surface area contributed by atoms with E-state index in [0.717, 1.165) is 38.5 Å². The first kappa shape index (κ1) is 27.4. The van der Waals surface area contributed by atoms with Gasteiger partial charge in [0.25, 0.3) is 0 Å². The van der Waals surface area contributed by atoms with E-state index in [1.165, 1.54) is 0 Å². The molecule has 0 rings (SSSR count). The molecule has 0 aromatic heterocycles. The molecular weight excluding hydrogens is 336 g/mol. The summed E-state index contributed by atoms with van der Waals surface area (Å²) in [6.07, 6.45) is 6.43. The van der Waals surface area contributed by atoms with E-state index < -0.39 is 0 Å². The van der Waals surface area contributed by atoms with Gasteiger partial charge in [-0.2, -0.15) is 9.78 Å². The van der Waals surface area contributed by atoms with Gasteiger partial charge in [0, 0.05) is 34.6 Å². The van der Waals surface area contributed by atoms with Gasteiger partial charge in [0.05, 0.1) is 13.2 Å². The average molecular weight is 368 g/mol. The number of hydrogen-bond donors (Lipinski definition) is 0. The maximum atomic E-state index is 10.7. The van der Waals surface area contributed by atoms with Crippen molar-refractivity contribution in [3.05, 3.63) is 0 Å². The molecule has 0 radical (unpaired) electrons. The molecule has 0 saturated heterocycles. The largest absolute Gasteiger partial charge is 0.342 e. The van der Waals surface area contributed by atoms with Crippen molar-refractivity contribution in [1.29, 1.82) is 0 Å². The summed E-state index contributed by atoms with van der Waals surface area (Å²) in [5.41, 5.74) is 0. The van der Waals surface area contributed by atoms with Gasteiger partial charge in [0.15, 0.2) is 0 Å². The van der Waals surface area contributed by atoms with Crippen LogP contribution in [-0.2, 0) is 50.9 Å². The van der Waals surface area contributed by atoms with E-state index in [9.17, 15) is 9.59 Å². The Morgan fingerprint density at radius 3 is 1.26 bits per heavy atom. The Morgan fingerprint density at radius 2 is 1.00 bits per heavy atom. The van der Waals surface area contributed by atoms with Crippen LogP contribution in [-0.4, -0.2) is 25.2 Å². The minimum Gasteiger partial charge on any atom is -0.298 e. The zero-order chi connectivity index (χ0) is 17.1. The topological polar surface area (TPSA) is 71.1 Å². The zero-order valence-corrected chi connectivity index (χ0v) is 16.6. The fourth-order valence-corrected chi connectivity index (χ4v) is 1.11. The number of carbonyl (C=O) groups excluding carboxylic acids is 2. The smallest absolute Gasteiger partial charge is 0.298 e. The zero-order valence-electron chi connectivity index (χ0n) is 15.0. The number of carbonyl (C=O) groups is 2. The Bertz CT molecular complexity index is 235. The molecule has 0 amide bonds. The van der Waals surface area contributed by atoms with Crippen molar-refractivity contribution >= 4 is 11.9 Å². The molecule has 0 unspecified atom stereocenters. The molecule has 0 fully saturated rings. The molecule has 0 N–H and O–H groups in total. The molecule has 23 heavy (non-hydrogen) atoms. The molecule has 0 saturated carbocycles. The van der Waals surface area contributed by atoms with Crippen molar-refractivity contribution in [2.24, 2.45) is 0 Å². The first-order valence-electron chi connectivity index (χ1n) is 8.26. The molecule has 0 aliphatic carbocycles. The van der Waals surface area contributed by atoms with Crippen LogP contribution >= 0.6 is 0 Å². The summed E-state index contributed by atoms with van der Waals surface area (Å²) < 4.78 is 0. The fourth-order valence-electron chi connectivity index (χ4n) is 1.11. The van der Waals surface area contributed by atoms with Crippen molar-refractivity contribution in [2.45, 2.75) is 79.1 Å². The first-order valence-corrected chi connectivity index (χ1v) is 8.26. The summed E-state index contributed by atoms with van der Waals surface area (Å²) in [4.78, 5) is 39.5. The van der Waals surface area contributed by atoms with Gasteiger partial charge in [-0.3, -0.25) is 9.78 Å². The van der Waals surface area contributed by atoms with Crippen LogP contribution in [0.4, 0.5) is 0 Å². The Kier molecular flexibility index (Phi) is 28.4. The van der Waals surface area contributed by atoms with Crippen LogP contribution < -0.4 is 0 Å². The second-order valence-electron chi connectivity index (χ2n) is 4.76. The minimum atomic E-state index is -0.274. The Hall–Kier alpha value is -0.426. The molecule has 0 aliphatic heterocycles. The van der Waals surface area contributed by atoms with Crippen LogP contribution in [0.15, 0.2) is 0 Å². The summed E-state index contributed by atoms with van der Waals surface area (Å²) in [6.45, 7) is 8.97. The third-order valence-electron chi connectivity index (χ3n) is 2.37. The van der Waals surface area contributed by atoms with Gasteiger partial charge in [-0.25, -0.2) is 9.59 Å². The summed E-state index contributed by atoms with van der Waals surface area (Å²) >= 11 is 0. The molecule has 136 valence electrons. The maximum absolute atomic E-state index is 10.7. The fraction of sp³-hybridized carbons (Fsp3) is 0.875. The average Bonchev–Trinajstić information content (AvgIpc) is 2.49. The van der Waals surface area contributed by atoms with Crippen LogP contribution in [0, 0.1) is 0 Å². The minimum absolute atomic E-state index is 0. The second-order valence-corrected chi connectivity index (χ2v) is 4.76. The van der Waals surface area contributed by atoms with Crippen LogP contribution in [0.5, 0.6) is 0 Å². The Morgan fingerprint density at radius 1 is 0.652 bits per heavy atom. The number of hydrogen-bond acceptors (Lipinski definition) is 6. The molecule has 0 aliphatic rings. The normalized spacial score (nSPS) is 9.22. The van der Waals surface area contributed by atoms with Gasteiger partial charge in [-0.05, 0) is 25.7 Å². The van der Waals surface area contributed by atoms with Gasteiger partial charge in [-0.15, -0.1) is 0 Å². The van der Waals surface area contributed by atoms with E-state index >= 15 is 0 Å². The van der Waals surface area contributed by atoms with Crippen LogP contribution in [0.2, 0.25) is 0 Å². The van der Waals surface area contributed by atoms with Crippen LogP contribution in [0.1, 0.15) is 79.1 Å². The standard InChI is InChI=1S/2C8H16O3.Ti/c2*1-3-5-7-10-11-8(9)6-4-2;/h2*3-7H2,1-2H3;. The monoisotopic (exact) mass is 368 g/mol. The molecule has 0 aromatic rings. The molecule has 6 nitrogen and oxygen atoms in total. The van der Waals surface area contributed by atoms with Crippen LogP contribution in [0.3, 0.4) is 0 Å². The van der Waals surface area contributed by atoms with Crippen molar-refractivity contribution in [2.75, 3.05) is 13.2 Å². The molecule has 0 bridgehead atoms. The van der Waals surface area contributed by atoms with Gasteiger partial charge in [-0.1, -0.05) is 40.5 Å². The van der Waals surface area contributed by atoms with E-state index in [0.29, 0.717) is 26.1 Å². The van der Waals surface area contributed by atoms with E-state index in [1.54, 1.807) is 0 Å². The molecule has 0 heterocycles. The summed E-state index contributed by atoms with van der Waals surface area (Å²) in [5, 5.41) is 0. The van der Waals surface area contributed by atoms with Gasteiger partial charge < -0.3 is 0 Å². The molecule has 0 atom stereocenters. The van der Waals surface area contributed by atoms with Gasteiger partial charge in [0.2, 0.25) is 0 Å². The van der Waals surface area contributed by atoms with E-state index in [1.807, 2.05) is 13.8 Å².